The fourth-order valence-electron chi connectivity index (χ4n) is 1.57. The number of ether oxygens (including phenoxy) is 2. The molecule has 18 heavy (non-hydrogen) atoms. The molecule has 0 spiro atoms. The maximum Gasteiger partial charge on any atom is 0.411 e. The van der Waals surface area contributed by atoms with E-state index in [2.05, 4.69) is 4.74 Å². The summed E-state index contributed by atoms with van der Waals surface area (Å²) in [6.45, 7) is 0.713. The second kappa shape index (κ2) is 6.35. The molecule has 1 heterocycles. The lowest BCUT2D eigenvalue weighted by Crippen LogP contribution is -2.52. The highest BCUT2D eigenvalue weighted by atomic mass is 19.4. The Morgan fingerprint density at radius 2 is 2.28 bits per heavy atom. The van der Waals surface area contributed by atoms with E-state index in [1.807, 2.05) is 0 Å². The first-order chi connectivity index (χ1) is 8.29. The number of carbonyl (C=O) groups is 1. The number of morpholine rings is 1. The van der Waals surface area contributed by atoms with E-state index >= 15 is 0 Å². The monoisotopic (exact) mass is 270 g/mol. The molecule has 1 aliphatic rings. The Labute approximate surface area is 103 Å². The summed E-state index contributed by atoms with van der Waals surface area (Å²) < 4.78 is 45.1. The van der Waals surface area contributed by atoms with Gasteiger partial charge in [-0.25, -0.2) is 0 Å². The van der Waals surface area contributed by atoms with E-state index in [0.29, 0.717) is 13.2 Å². The third-order valence-corrected chi connectivity index (χ3v) is 2.52. The van der Waals surface area contributed by atoms with Gasteiger partial charge in [0.05, 0.1) is 12.7 Å². The van der Waals surface area contributed by atoms with Gasteiger partial charge in [-0.2, -0.15) is 13.2 Å². The SMILES string of the molecule is CC(N)C1CN(C(=O)COCC(F)(F)F)CCO1. The zero-order valence-electron chi connectivity index (χ0n) is 10.1. The lowest BCUT2D eigenvalue weighted by molar-refractivity contribution is -0.179. The third kappa shape index (κ3) is 5.19. The van der Waals surface area contributed by atoms with Crippen LogP contribution < -0.4 is 5.73 Å². The van der Waals surface area contributed by atoms with Gasteiger partial charge in [0.15, 0.2) is 0 Å². The fraction of sp³-hybridized carbons (Fsp3) is 0.900. The number of halogens is 3. The van der Waals surface area contributed by atoms with Crippen molar-refractivity contribution in [2.45, 2.75) is 25.2 Å². The molecule has 1 saturated heterocycles. The number of hydrogen-bond acceptors (Lipinski definition) is 4. The zero-order valence-corrected chi connectivity index (χ0v) is 10.1. The van der Waals surface area contributed by atoms with Crippen molar-refractivity contribution in [3.8, 4) is 0 Å². The Balaban J connectivity index is 2.33. The average molecular weight is 270 g/mol. The van der Waals surface area contributed by atoms with E-state index in [1.165, 1.54) is 4.90 Å². The number of alkyl halides is 3. The van der Waals surface area contributed by atoms with E-state index in [4.69, 9.17) is 10.5 Å². The highest BCUT2D eigenvalue weighted by Crippen LogP contribution is 2.14. The molecule has 0 aliphatic carbocycles. The summed E-state index contributed by atoms with van der Waals surface area (Å²) in [4.78, 5) is 13.0. The Morgan fingerprint density at radius 3 is 2.83 bits per heavy atom. The number of nitrogens with two attached hydrogens (primary N) is 1. The molecule has 8 heteroatoms. The van der Waals surface area contributed by atoms with Crippen molar-refractivity contribution in [3.63, 3.8) is 0 Å². The van der Waals surface area contributed by atoms with Crippen LogP contribution in [-0.2, 0) is 14.3 Å². The van der Waals surface area contributed by atoms with Crippen molar-refractivity contribution < 1.29 is 27.4 Å². The van der Waals surface area contributed by atoms with Gasteiger partial charge in [-0.1, -0.05) is 0 Å². The van der Waals surface area contributed by atoms with Crippen LogP contribution in [-0.4, -0.2) is 62.0 Å². The van der Waals surface area contributed by atoms with E-state index in [1.54, 1.807) is 6.92 Å². The Kier molecular flexibility index (Phi) is 5.36. The van der Waals surface area contributed by atoms with E-state index in [0.717, 1.165) is 0 Å². The van der Waals surface area contributed by atoms with Gasteiger partial charge in [0.25, 0.3) is 0 Å². The minimum atomic E-state index is -4.42. The molecule has 2 unspecified atom stereocenters. The molecular weight excluding hydrogens is 253 g/mol. The fourth-order valence-corrected chi connectivity index (χ4v) is 1.57. The first kappa shape index (κ1) is 15.2. The minimum Gasteiger partial charge on any atom is -0.373 e. The largest absolute Gasteiger partial charge is 0.411 e. The second-order valence-corrected chi connectivity index (χ2v) is 4.22. The summed E-state index contributed by atoms with van der Waals surface area (Å²) in [6.07, 6.45) is -4.70. The molecule has 1 rings (SSSR count). The Morgan fingerprint density at radius 1 is 1.61 bits per heavy atom. The van der Waals surface area contributed by atoms with Crippen LogP contribution in [0.25, 0.3) is 0 Å². The number of rotatable bonds is 4. The topological polar surface area (TPSA) is 64.8 Å². The van der Waals surface area contributed by atoms with Crippen molar-refractivity contribution in [1.29, 1.82) is 0 Å². The predicted molar refractivity (Wildman–Crippen MR) is 56.8 cm³/mol. The highest BCUT2D eigenvalue weighted by Gasteiger charge is 2.30. The van der Waals surface area contributed by atoms with E-state index in [-0.39, 0.29) is 18.7 Å². The van der Waals surface area contributed by atoms with E-state index in [9.17, 15) is 18.0 Å². The number of carbonyl (C=O) groups excluding carboxylic acids is 1. The van der Waals surface area contributed by atoms with Gasteiger partial charge in [0, 0.05) is 19.1 Å². The molecule has 2 atom stereocenters. The maximum absolute atomic E-state index is 11.8. The summed E-state index contributed by atoms with van der Waals surface area (Å²) in [6, 6.07) is -0.239. The Hall–Kier alpha value is -0.860. The molecule has 0 aromatic rings. The van der Waals surface area contributed by atoms with Crippen molar-refractivity contribution in [3.05, 3.63) is 0 Å². The summed E-state index contributed by atoms with van der Waals surface area (Å²) in [7, 11) is 0. The van der Waals surface area contributed by atoms with Crippen molar-refractivity contribution in [2.75, 3.05) is 32.9 Å². The van der Waals surface area contributed by atoms with Crippen LogP contribution in [0.5, 0.6) is 0 Å². The summed E-state index contributed by atoms with van der Waals surface area (Å²) in [5.41, 5.74) is 5.64. The van der Waals surface area contributed by atoms with E-state index < -0.39 is 25.3 Å². The van der Waals surface area contributed by atoms with Crippen LogP contribution in [0.4, 0.5) is 13.2 Å². The number of amides is 1. The maximum atomic E-state index is 11.8. The molecule has 1 amide bonds. The zero-order chi connectivity index (χ0) is 13.8. The molecule has 0 radical (unpaired) electrons. The van der Waals surface area contributed by atoms with Crippen LogP contribution in [0.3, 0.4) is 0 Å². The lowest BCUT2D eigenvalue weighted by atomic mass is 10.1. The van der Waals surface area contributed by atoms with Crippen LogP contribution in [0.15, 0.2) is 0 Å². The molecule has 0 saturated carbocycles. The average Bonchev–Trinajstić information content (AvgIpc) is 2.27. The quantitative estimate of drug-likeness (QED) is 0.789. The van der Waals surface area contributed by atoms with Gasteiger partial charge in [0.1, 0.15) is 13.2 Å². The van der Waals surface area contributed by atoms with Gasteiger partial charge < -0.3 is 20.1 Å². The first-order valence-corrected chi connectivity index (χ1v) is 5.59. The molecule has 0 bridgehead atoms. The smallest absolute Gasteiger partial charge is 0.373 e. The summed E-state index contributed by atoms with van der Waals surface area (Å²) in [5, 5.41) is 0. The molecule has 5 nitrogen and oxygen atoms in total. The molecule has 0 aromatic heterocycles. The van der Waals surface area contributed by atoms with Crippen LogP contribution >= 0.6 is 0 Å². The molecule has 2 N–H and O–H groups in total. The predicted octanol–water partition coefficient (Wildman–Crippen LogP) is 0.140. The standard InChI is InChI=1S/C10H17F3N2O3/c1-7(14)8-4-15(2-3-18-8)9(16)5-17-6-10(11,12)13/h7-8H,2-6,14H2,1H3. The summed E-state index contributed by atoms with van der Waals surface area (Å²) in [5.74, 6) is -0.479. The highest BCUT2D eigenvalue weighted by molar-refractivity contribution is 5.77. The van der Waals surface area contributed by atoms with Gasteiger partial charge in [-0.3, -0.25) is 4.79 Å². The van der Waals surface area contributed by atoms with Gasteiger partial charge in [-0.05, 0) is 6.92 Å². The van der Waals surface area contributed by atoms with Crippen LogP contribution in [0, 0.1) is 0 Å². The van der Waals surface area contributed by atoms with Crippen molar-refractivity contribution >= 4 is 5.91 Å². The minimum absolute atomic E-state index is 0.239. The van der Waals surface area contributed by atoms with Crippen molar-refractivity contribution in [1.82, 2.24) is 4.90 Å². The van der Waals surface area contributed by atoms with Gasteiger partial charge in [0.2, 0.25) is 5.91 Å². The molecule has 1 fully saturated rings. The van der Waals surface area contributed by atoms with Gasteiger partial charge in [-0.15, -0.1) is 0 Å². The molecule has 0 aromatic carbocycles. The van der Waals surface area contributed by atoms with Crippen LogP contribution in [0.1, 0.15) is 6.92 Å². The molecule has 1 aliphatic heterocycles. The van der Waals surface area contributed by atoms with Gasteiger partial charge >= 0.3 is 6.18 Å². The number of nitrogens with zero attached hydrogens (tertiary/aromatic N) is 1. The van der Waals surface area contributed by atoms with Crippen LogP contribution in [0.2, 0.25) is 0 Å². The molecule has 106 valence electrons. The van der Waals surface area contributed by atoms with Crippen molar-refractivity contribution in [2.24, 2.45) is 5.73 Å². The molecular formula is C10H17F3N2O3. The first-order valence-electron chi connectivity index (χ1n) is 5.59. The number of hydrogen-bond donors (Lipinski definition) is 1. The lowest BCUT2D eigenvalue weighted by Gasteiger charge is -2.34. The normalized spacial score (nSPS) is 22.9. The summed E-state index contributed by atoms with van der Waals surface area (Å²) >= 11 is 0. The second-order valence-electron chi connectivity index (χ2n) is 4.22. The third-order valence-electron chi connectivity index (χ3n) is 2.52. The Bertz CT molecular complexity index is 284.